The van der Waals surface area contributed by atoms with Crippen molar-refractivity contribution in [3.63, 3.8) is 0 Å². The summed E-state index contributed by atoms with van der Waals surface area (Å²) in [6, 6.07) is 3.02. The van der Waals surface area contributed by atoms with Gasteiger partial charge in [0.1, 0.15) is 12.2 Å². The molecule has 0 saturated carbocycles. The van der Waals surface area contributed by atoms with Crippen LogP contribution in [-0.2, 0) is 28.7 Å². The van der Waals surface area contributed by atoms with E-state index >= 15 is 0 Å². The summed E-state index contributed by atoms with van der Waals surface area (Å²) in [5.41, 5.74) is 1.01. The average Bonchev–Trinajstić information content (AvgIpc) is 3.38. The first-order valence-electron chi connectivity index (χ1n) is 12.6. The summed E-state index contributed by atoms with van der Waals surface area (Å²) >= 11 is 3.12. The van der Waals surface area contributed by atoms with Gasteiger partial charge in [-0.1, -0.05) is 13.0 Å². The van der Waals surface area contributed by atoms with Crippen LogP contribution in [0.5, 0.6) is 0 Å². The highest BCUT2D eigenvalue weighted by atomic mass is 79.9. The number of carbonyl (C=O) groups excluding carboxylic acids is 1. The van der Waals surface area contributed by atoms with Crippen LogP contribution in [0, 0.1) is 0 Å². The number of halogens is 4. The second kappa shape index (κ2) is 11.1. The number of carbonyl (C=O) groups is 1. The van der Waals surface area contributed by atoms with Crippen molar-refractivity contribution in [2.24, 2.45) is 0 Å². The molecular weight excluding hydrogens is 583 g/mol. The molecule has 2 aliphatic rings. The summed E-state index contributed by atoms with van der Waals surface area (Å²) in [6.07, 6.45) is -1.59. The monoisotopic (exact) mass is 609 g/mol. The summed E-state index contributed by atoms with van der Waals surface area (Å²) in [5.74, 6) is 0.131. The van der Waals surface area contributed by atoms with Gasteiger partial charge in [-0.15, -0.1) is 5.10 Å². The summed E-state index contributed by atoms with van der Waals surface area (Å²) in [7, 11) is 0. The van der Waals surface area contributed by atoms with E-state index in [9.17, 15) is 22.8 Å². The lowest BCUT2D eigenvalue weighted by molar-refractivity contribution is -0.137. The number of alkyl halides is 3. The van der Waals surface area contributed by atoms with Crippen molar-refractivity contribution in [1.29, 1.82) is 0 Å². The minimum Gasteiger partial charge on any atom is -0.377 e. The highest BCUT2D eigenvalue weighted by Gasteiger charge is 2.31. The topological polar surface area (TPSA) is 106 Å². The number of hydrogen-bond donors (Lipinski definition) is 2. The zero-order chi connectivity index (χ0) is 27.7. The third-order valence-corrected chi connectivity index (χ3v) is 7.37. The minimum atomic E-state index is -4.51. The molecule has 1 aromatic carbocycles. The standard InChI is InChI=1S/C25H27BrF3N7O3/c1-2-19-21(34-9-7-30-8-10-34)23(38)36-24(32-22(33-36)15-5-11-39-12-6-15)35(19)14-20(37)31-18-4-3-16(13-17(18)26)25(27,28)29/h3-5,13,30H,2,6-12,14H2,1H3,(H,31,37). The number of benzene rings is 1. The van der Waals surface area contributed by atoms with E-state index in [0.29, 0.717) is 69.4 Å². The second-order valence-corrected chi connectivity index (χ2v) is 10.1. The van der Waals surface area contributed by atoms with E-state index in [2.05, 4.69) is 36.6 Å². The normalized spacial score (nSPS) is 16.4. The van der Waals surface area contributed by atoms with E-state index in [0.717, 1.165) is 17.7 Å². The van der Waals surface area contributed by atoms with Gasteiger partial charge in [-0.3, -0.25) is 9.59 Å². The number of aromatic nitrogens is 4. The van der Waals surface area contributed by atoms with Gasteiger partial charge in [0.2, 0.25) is 11.7 Å². The molecule has 0 aliphatic carbocycles. The molecule has 2 N–H and O–H groups in total. The zero-order valence-electron chi connectivity index (χ0n) is 21.1. The van der Waals surface area contributed by atoms with Crippen LogP contribution in [0.2, 0.25) is 0 Å². The van der Waals surface area contributed by atoms with Crippen molar-refractivity contribution in [1.82, 2.24) is 24.5 Å². The van der Waals surface area contributed by atoms with Gasteiger partial charge in [-0.25, -0.2) is 0 Å². The molecule has 5 rings (SSSR count). The van der Waals surface area contributed by atoms with Gasteiger partial charge in [0.05, 0.1) is 30.2 Å². The summed E-state index contributed by atoms with van der Waals surface area (Å²) in [6.45, 7) is 5.26. The van der Waals surface area contributed by atoms with Gasteiger partial charge < -0.3 is 24.8 Å². The van der Waals surface area contributed by atoms with E-state index in [4.69, 9.17) is 4.74 Å². The Morgan fingerprint density at radius 2 is 2.03 bits per heavy atom. The predicted octanol–water partition coefficient (Wildman–Crippen LogP) is 3.09. The van der Waals surface area contributed by atoms with Gasteiger partial charge in [0.15, 0.2) is 5.82 Å². The Labute approximate surface area is 230 Å². The lowest BCUT2D eigenvalue weighted by Gasteiger charge is -2.31. The predicted molar refractivity (Wildman–Crippen MR) is 143 cm³/mol. The van der Waals surface area contributed by atoms with Crippen molar-refractivity contribution < 1.29 is 22.7 Å². The van der Waals surface area contributed by atoms with E-state index in [1.807, 2.05) is 17.9 Å². The SMILES string of the molecule is CCc1c(N2CCNCC2)c(=O)n2nc(C3=CCOCC3)nc2n1CC(=O)Nc1ccc(C(F)(F)F)cc1Br. The maximum absolute atomic E-state index is 13.7. The highest BCUT2D eigenvalue weighted by molar-refractivity contribution is 9.10. The van der Waals surface area contributed by atoms with Crippen LogP contribution in [0.4, 0.5) is 24.5 Å². The number of fused-ring (bicyclic) bond motifs is 1. The second-order valence-electron chi connectivity index (χ2n) is 9.22. The van der Waals surface area contributed by atoms with Gasteiger partial charge in [0, 0.05) is 30.7 Å². The lowest BCUT2D eigenvalue weighted by Crippen LogP contribution is -2.47. The average molecular weight is 610 g/mol. The van der Waals surface area contributed by atoms with Crippen LogP contribution in [-0.4, -0.2) is 64.5 Å². The Morgan fingerprint density at radius 1 is 1.26 bits per heavy atom. The molecule has 1 fully saturated rings. The summed E-state index contributed by atoms with van der Waals surface area (Å²) in [4.78, 5) is 33.6. The maximum atomic E-state index is 13.7. The van der Waals surface area contributed by atoms with E-state index in [1.165, 1.54) is 10.6 Å². The van der Waals surface area contributed by atoms with Crippen LogP contribution in [0.15, 0.2) is 33.5 Å². The fraction of sp³-hybridized carbons (Fsp3) is 0.440. The molecule has 0 spiro atoms. The molecule has 208 valence electrons. The number of hydrogen-bond acceptors (Lipinski definition) is 7. The Morgan fingerprint density at radius 3 is 2.67 bits per heavy atom. The van der Waals surface area contributed by atoms with Crippen molar-refractivity contribution in [2.45, 2.75) is 32.5 Å². The molecule has 0 bridgehead atoms. The molecule has 39 heavy (non-hydrogen) atoms. The summed E-state index contributed by atoms with van der Waals surface area (Å²) < 4.78 is 47.6. The zero-order valence-corrected chi connectivity index (χ0v) is 22.7. The molecule has 1 saturated heterocycles. The van der Waals surface area contributed by atoms with E-state index < -0.39 is 17.6 Å². The fourth-order valence-electron chi connectivity index (χ4n) is 4.81. The molecule has 4 heterocycles. The number of nitrogens with one attached hydrogen (secondary N) is 2. The largest absolute Gasteiger partial charge is 0.416 e. The Bertz CT molecular complexity index is 1490. The molecule has 0 atom stereocenters. The minimum absolute atomic E-state index is 0.101. The van der Waals surface area contributed by atoms with Crippen molar-refractivity contribution in [3.05, 3.63) is 56.2 Å². The van der Waals surface area contributed by atoms with Gasteiger partial charge in [-0.05, 0) is 52.5 Å². The molecular formula is C25H27BrF3N7O3. The van der Waals surface area contributed by atoms with Crippen LogP contribution in [0.1, 0.15) is 30.4 Å². The van der Waals surface area contributed by atoms with Crippen LogP contribution < -0.4 is 21.1 Å². The smallest absolute Gasteiger partial charge is 0.377 e. The number of rotatable bonds is 6. The molecule has 3 aromatic rings. The first-order valence-corrected chi connectivity index (χ1v) is 13.4. The van der Waals surface area contributed by atoms with Crippen LogP contribution in [0.25, 0.3) is 11.4 Å². The van der Waals surface area contributed by atoms with Gasteiger partial charge in [-0.2, -0.15) is 22.7 Å². The Hall–Kier alpha value is -3.23. The fourth-order valence-corrected chi connectivity index (χ4v) is 5.29. The van der Waals surface area contributed by atoms with E-state index in [1.54, 1.807) is 4.57 Å². The number of piperazine rings is 1. The van der Waals surface area contributed by atoms with E-state index in [-0.39, 0.29) is 28.0 Å². The lowest BCUT2D eigenvalue weighted by atomic mass is 10.1. The molecule has 0 unspecified atom stereocenters. The maximum Gasteiger partial charge on any atom is 0.416 e. The number of anilines is 2. The van der Waals surface area contributed by atoms with Crippen LogP contribution >= 0.6 is 15.9 Å². The molecule has 2 aromatic heterocycles. The molecule has 10 nitrogen and oxygen atoms in total. The number of ether oxygens (including phenoxy) is 1. The first kappa shape index (κ1) is 27.3. The number of nitrogens with zero attached hydrogens (tertiary/aromatic N) is 5. The number of amides is 1. The Kier molecular flexibility index (Phi) is 7.78. The highest BCUT2D eigenvalue weighted by Crippen LogP contribution is 2.34. The van der Waals surface area contributed by atoms with Crippen LogP contribution in [0.3, 0.4) is 0 Å². The molecule has 1 amide bonds. The van der Waals surface area contributed by atoms with Gasteiger partial charge >= 0.3 is 6.18 Å². The van der Waals surface area contributed by atoms with Crippen molar-refractivity contribution in [2.75, 3.05) is 49.6 Å². The van der Waals surface area contributed by atoms with Crippen molar-refractivity contribution in [3.8, 4) is 0 Å². The summed E-state index contributed by atoms with van der Waals surface area (Å²) in [5, 5.41) is 10.5. The molecule has 2 aliphatic heterocycles. The molecule has 0 radical (unpaired) electrons. The third-order valence-electron chi connectivity index (χ3n) is 6.72. The Balaban J connectivity index is 1.56. The van der Waals surface area contributed by atoms with Crippen molar-refractivity contribution >= 4 is 44.6 Å². The first-order chi connectivity index (χ1) is 18.7. The quantitative estimate of drug-likeness (QED) is 0.442. The van der Waals surface area contributed by atoms with Gasteiger partial charge in [0.25, 0.3) is 5.56 Å². The third kappa shape index (κ3) is 5.58. The molecule has 14 heteroatoms.